The number of phosphoric ester groups is 2. The van der Waals surface area contributed by atoms with E-state index < -0.39 is 97.5 Å². The molecule has 0 aromatic carbocycles. The SMILES string of the molecule is CCCCCC/C=C\C=C/CCCCCCCC(=O)OC[C@H](COP(=O)(O)OCC(O)COP(=O)(O)OC[C@@H](COC(=O)CCCCCCCCCC(C)C)OC(=O)CCCCCCCCCCCCC(C)C)OC(=O)CCCCCCC/C=C\C=C/CCCCCC. The molecular weight excluding hydrogens is 1220 g/mol. The van der Waals surface area contributed by atoms with Gasteiger partial charge in [-0.1, -0.05) is 276 Å². The van der Waals surface area contributed by atoms with Gasteiger partial charge in [0.2, 0.25) is 0 Å². The lowest BCUT2D eigenvalue weighted by Gasteiger charge is -2.21. The van der Waals surface area contributed by atoms with Gasteiger partial charge in [-0.2, -0.15) is 0 Å². The fourth-order valence-electron chi connectivity index (χ4n) is 10.2. The third-order valence-corrected chi connectivity index (χ3v) is 17.9. The van der Waals surface area contributed by atoms with Crippen LogP contribution in [-0.4, -0.2) is 96.7 Å². The molecule has 0 fully saturated rings. The number of ether oxygens (including phenoxy) is 4. The van der Waals surface area contributed by atoms with E-state index in [9.17, 15) is 43.2 Å². The van der Waals surface area contributed by atoms with Crippen molar-refractivity contribution >= 4 is 39.5 Å². The van der Waals surface area contributed by atoms with Crippen molar-refractivity contribution in [2.75, 3.05) is 39.6 Å². The lowest BCUT2D eigenvalue weighted by molar-refractivity contribution is -0.161. The van der Waals surface area contributed by atoms with E-state index in [1.54, 1.807) is 0 Å². The first-order valence-electron chi connectivity index (χ1n) is 37.1. The fraction of sp³-hybridized carbons (Fsp3) is 0.838. The van der Waals surface area contributed by atoms with Crippen LogP contribution in [0.1, 0.15) is 330 Å². The smallest absolute Gasteiger partial charge is 0.462 e. The van der Waals surface area contributed by atoms with Gasteiger partial charge in [0.1, 0.15) is 19.3 Å². The van der Waals surface area contributed by atoms with E-state index in [1.807, 2.05) is 0 Å². The highest BCUT2D eigenvalue weighted by molar-refractivity contribution is 7.47. The van der Waals surface area contributed by atoms with Gasteiger partial charge in [-0.15, -0.1) is 0 Å². The highest BCUT2D eigenvalue weighted by atomic mass is 31.2. The Hall–Kier alpha value is -2.98. The van der Waals surface area contributed by atoms with E-state index in [0.29, 0.717) is 31.6 Å². The van der Waals surface area contributed by atoms with Crippen molar-refractivity contribution in [3.05, 3.63) is 48.6 Å². The molecule has 0 heterocycles. The molecule has 3 unspecified atom stereocenters. The Labute approximate surface area is 566 Å². The average molecular weight is 1360 g/mol. The lowest BCUT2D eigenvalue weighted by Crippen LogP contribution is -2.30. The van der Waals surface area contributed by atoms with Crippen molar-refractivity contribution in [1.82, 2.24) is 0 Å². The normalized spacial score (nSPS) is 14.4. The maximum atomic E-state index is 13.0. The number of aliphatic hydroxyl groups is 1. The molecule has 3 N–H and O–H groups in total. The summed E-state index contributed by atoms with van der Waals surface area (Å²) in [4.78, 5) is 72.7. The number of allylic oxidation sites excluding steroid dienone is 8. The van der Waals surface area contributed by atoms with Crippen LogP contribution in [0, 0.1) is 11.8 Å². The van der Waals surface area contributed by atoms with Crippen molar-refractivity contribution in [3.63, 3.8) is 0 Å². The molecule has 0 bridgehead atoms. The van der Waals surface area contributed by atoms with E-state index in [0.717, 1.165) is 134 Å². The molecule has 93 heavy (non-hydrogen) atoms. The average Bonchev–Trinajstić information content (AvgIpc) is 3.14. The molecule has 0 aliphatic heterocycles. The van der Waals surface area contributed by atoms with E-state index >= 15 is 0 Å². The summed E-state index contributed by atoms with van der Waals surface area (Å²) >= 11 is 0. The molecule has 5 atom stereocenters. The molecule has 0 aliphatic carbocycles. The predicted octanol–water partition coefficient (Wildman–Crippen LogP) is 20.7. The quantitative estimate of drug-likeness (QED) is 0.0169. The highest BCUT2D eigenvalue weighted by Gasteiger charge is 2.30. The number of unbranched alkanes of at least 4 members (excludes halogenated alkanes) is 33. The van der Waals surface area contributed by atoms with Crippen LogP contribution >= 0.6 is 15.6 Å². The largest absolute Gasteiger partial charge is 0.472 e. The first kappa shape index (κ1) is 90.0. The molecule has 17 nitrogen and oxygen atoms in total. The Kier molecular flexibility index (Phi) is 62.9. The molecule has 0 aromatic rings. The van der Waals surface area contributed by atoms with Crippen LogP contribution < -0.4 is 0 Å². The maximum Gasteiger partial charge on any atom is 0.472 e. The standard InChI is InChI=1S/C74H136O17P2/c1-7-9-11-13-15-17-19-21-23-25-27-32-38-44-50-56-71(76)84-62-69(90-73(78)58-52-46-39-33-28-26-24-22-20-18-16-14-12-10-8-2)64-88-92(80,81)86-60-68(75)61-87-93(82,83)89-65-70(63-85-72(77)57-51-45-41-35-37-43-49-55-67(5)6)91-74(79)59-53-47-40-34-30-29-31-36-42-48-54-66(3)4/h17-24,66-70,75H,7-16,25-65H2,1-6H3,(H,80,81)(H,82,83)/b19-17-,20-18-,23-21-,24-22-/t68?,69-,70-/m1/s1. The van der Waals surface area contributed by atoms with E-state index in [2.05, 4.69) is 90.2 Å². The van der Waals surface area contributed by atoms with Crippen molar-refractivity contribution in [1.29, 1.82) is 0 Å². The molecule has 544 valence electrons. The van der Waals surface area contributed by atoms with Crippen LogP contribution in [0.4, 0.5) is 0 Å². The predicted molar refractivity (Wildman–Crippen MR) is 376 cm³/mol. The van der Waals surface area contributed by atoms with Crippen molar-refractivity contribution in [2.45, 2.75) is 349 Å². The Morgan fingerprint density at radius 2 is 0.581 bits per heavy atom. The van der Waals surface area contributed by atoms with Crippen LogP contribution in [0.25, 0.3) is 0 Å². The van der Waals surface area contributed by atoms with E-state index in [4.69, 9.17) is 37.0 Å². The van der Waals surface area contributed by atoms with Crippen molar-refractivity contribution < 1.29 is 80.2 Å². The molecule has 19 heteroatoms. The first-order chi connectivity index (χ1) is 44.9. The Balaban J connectivity index is 5.33. The number of phosphoric acid groups is 2. The summed E-state index contributed by atoms with van der Waals surface area (Å²) in [7, 11) is -9.93. The Morgan fingerprint density at radius 3 is 0.871 bits per heavy atom. The minimum absolute atomic E-state index is 0.0778. The summed E-state index contributed by atoms with van der Waals surface area (Å²) in [5.41, 5.74) is 0. The second-order valence-corrected chi connectivity index (χ2v) is 29.2. The van der Waals surface area contributed by atoms with Crippen molar-refractivity contribution in [2.24, 2.45) is 11.8 Å². The van der Waals surface area contributed by atoms with Crippen LogP contribution in [0.5, 0.6) is 0 Å². The number of hydrogen-bond acceptors (Lipinski definition) is 15. The molecule has 0 radical (unpaired) electrons. The number of carbonyl (C=O) groups is 4. The highest BCUT2D eigenvalue weighted by Crippen LogP contribution is 2.45. The number of aliphatic hydroxyl groups excluding tert-OH is 1. The summed E-state index contributed by atoms with van der Waals surface area (Å²) < 4.78 is 68.3. The van der Waals surface area contributed by atoms with Crippen LogP contribution in [-0.2, 0) is 65.4 Å². The molecule has 0 aromatic heterocycles. The third kappa shape index (κ3) is 67.4. The van der Waals surface area contributed by atoms with Crippen LogP contribution in [0.15, 0.2) is 48.6 Å². The Bertz CT molecular complexity index is 1990. The van der Waals surface area contributed by atoms with E-state index in [-0.39, 0.29) is 25.7 Å². The zero-order valence-electron chi connectivity index (χ0n) is 59.5. The molecule has 0 spiro atoms. The minimum atomic E-state index is -4.97. The van der Waals surface area contributed by atoms with Gasteiger partial charge in [-0.3, -0.25) is 37.3 Å². The molecule has 0 amide bonds. The number of rotatable bonds is 69. The summed E-state index contributed by atoms with van der Waals surface area (Å²) in [6.07, 6.45) is 57.2. The molecule has 0 aliphatic rings. The van der Waals surface area contributed by atoms with Gasteiger partial charge in [-0.25, -0.2) is 9.13 Å². The van der Waals surface area contributed by atoms with Crippen LogP contribution in [0.3, 0.4) is 0 Å². The first-order valence-corrected chi connectivity index (χ1v) is 40.1. The zero-order chi connectivity index (χ0) is 68.6. The van der Waals surface area contributed by atoms with Gasteiger partial charge in [-0.05, 0) is 88.9 Å². The molecule has 0 saturated carbocycles. The van der Waals surface area contributed by atoms with E-state index in [1.165, 1.54) is 109 Å². The van der Waals surface area contributed by atoms with Gasteiger partial charge in [0.25, 0.3) is 0 Å². The van der Waals surface area contributed by atoms with Crippen molar-refractivity contribution in [3.8, 4) is 0 Å². The minimum Gasteiger partial charge on any atom is -0.462 e. The molecule has 0 saturated heterocycles. The molecule has 0 rings (SSSR count). The lowest BCUT2D eigenvalue weighted by atomic mass is 10.0. The summed E-state index contributed by atoms with van der Waals surface area (Å²) in [6.45, 7) is 9.37. The second-order valence-electron chi connectivity index (χ2n) is 26.3. The van der Waals surface area contributed by atoms with Gasteiger partial charge in [0.15, 0.2) is 12.2 Å². The number of carbonyl (C=O) groups excluding carboxylic acids is 4. The van der Waals surface area contributed by atoms with Gasteiger partial charge in [0, 0.05) is 25.7 Å². The number of hydrogen-bond donors (Lipinski definition) is 3. The summed E-state index contributed by atoms with van der Waals surface area (Å²) in [5, 5.41) is 10.6. The number of esters is 4. The Morgan fingerprint density at radius 1 is 0.333 bits per heavy atom. The molecular formula is C74H136O17P2. The van der Waals surface area contributed by atoms with Crippen LogP contribution in [0.2, 0.25) is 0 Å². The summed E-state index contributed by atoms with van der Waals surface area (Å²) in [5.74, 6) is -0.731. The third-order valence-electron chi connectivity index (χ3n) is 16.0. The summed E-state index contributed by atoms with van der Waals surface area (Å²) in [6, 6.07) is 0. The van der Waals surface area contributed by atoms with Gasteiger partial charge >= 0.3 is 39.5 Å². The zero-order valence-corrected chi connectivity index (χ0v) is 61.3. The topological polar surface area (TPSA) is 237 Å². The van der Waals surface area contributed by atoms with Gasteiger partial charge in [0.05, 0.1) is 26.4 Å². The fourth-order valence-corrected chi connectivity index (χ4v) is 11.8. The second kappa shape index (κ2) is 65.0. The maximum absolute atomic E-state index is 13.0. The van der Waals surface area contributed by atoms with Gasteiger partial charge < -0.3 is 33.8 Å². The monoisotopic (exact) mass is 1360 g/mol.